The molecule has 2 rings (SSSR count). The Morgan fingerprint density at radius 1 is 1.12 bits per heavy atom. The van der Waals surface area contributed by atoms with Crippen molar-refractivity contribution in [3.8, 4) is 0 Å². The highest BCUT2D eigenvalue weighted by Gasteiger charge is 2.23. The van der Waals surface area contributed by atoms with Crippen LogP contribution in [0.1, 0.15) is 38.1 Å². The van der Waals surface area contributed by atoms with Crippen molar-refractivity contribution in [2.75, 3.05) is 38.0 Å². The lowest BCUT2D eigenvalue weighted by atomic mass is 10.1. The summed E-state index contributed by atoms with van der Waals surface area (Å²) in [5, 5.41) is 2.90. The molecule has 1 aliphatic rings. The summed E-state index contributed by atoms with van der Waals surface area (Å²) in [5.41, 5.74) is 1.34. The normalized spacial score (nSPS) is 21.0. The fourth-order valence-corrected chi connectivity index (χ4v) is 3.21. The third-order valence-electron chi connectivity index (χ3n) is 4.33. The van der Waals surface area contributed by atoms with Crippen LogP contribution in [0.25, 0.3) is 0 Å². The van der Waals surface area contributed by atoms with Crippen molar-refractivity contribution < 1.29 is 14.3 Å². The fraction of sp³-hybridized carbons (Fsp3) is 0.579. The van der Waals surface area contributed by atoms with Crippen LogP contribution in [0.4, 0.5) is 5.69 Å². The zero-order valence-corrected chi connectivity index (χ0v) is 15.6. The lowest BCUT2D eigenvalue weighted by molar-refractivity contribution is -0.121. The van der Waals surface area contributed by atoms with Crippen molar-refractivity contribution in [3.05, 3.63) is 29.8 Å². The lowest BCUT2D eigenvalue weighted by Gasteiger charge is -2.34. The van der Waals surface area contributed by atoms with Gasteiger partial charge >= 0.3 is 0 Å². The number of nitrogens with one attached hydrogen (secondary N) is 1. The Morgan fingerprint density at radius 3 is 2.20 bits per heavy atom. The number of morpholine rings is 1. The first kappa shape index (κ1) is 19.4. The molecule has 1 aromatic rings. The third-order valence-corrected chi connectivity index (χ3v) is 4.33. The highest BCUT2D eigenvalue weighted by atomic mass is 16.5. The van der Waals surface area contributed by atoms with Gasteiger partial charge in [0, 0.05) is 37.4 Å². The molecular weight excluding hydrogens is 318 g/mol. The molecule has 1 heterocycles. The smallest absolute Gasteiger partial charge is 0.253 e. The number of carbonyl (C=O) groups excluding carboxylic acids is 2. The number of anilines is 1. The highest BCUT2D eigenvalue weighted by Crippen LogP contribution is 2.13. The average Bonchev–Trinajstić information content (AvgIpc) is 2.55. The second-order valence-corrected chi connectivity index (χ2v) is 6.55. The molecule has 6 nitrogen and oxygen atoms in total. The Balaban J connectivity index is 1.90. The fourth-order valence-electron chi connectivity index (χ4n) is 3.21. The van der Waals surface area contributed by atoms with Crippen LogP contribution in [0.3, 0.4) is 0 Å². The first-order valence-electron chi connectivity index (χ1n) is 8.99. The first-order valence-corrected chi connectivity index (χ1v) is 8.99. The number of benzene rings is 1. The minimum atomic E-state index is -0.0517. The maximum atomic E-state index is 12.3. The number of rotatable bonds is 6. The monoisotopic (exact) mass is 347 g/mol. The van der Waals surface area contributed by atoms with Gasteiger partial charge in [0.15, 0.2) is 0 Å². The van der Waals surface area contributed by atoms with Crippen molar-refractivity contribution >= 4 is 17.5 Å². The van der Waals surface area contributed by atoms with Gasteiger partial charge in [0.25, 0.3) is 5.91 Å². The van der Waals surface area contributed by atoms with E-state index in [0.717, 1.165) is 13.1 Å². The highest BCUT2D eigenvalue weighted by molar-refractivity contribution is 5.96. The van der Waals surface area contributed by atoms with E-state index >= 15 is 0 Å². The van der Waals surface area contributed by atoms with Crippen LogP contribution in [0.15, 0.2) is 24.3 Å². The van der Waals surface area contributed by atoms with Crippen molar-refractivity contribution in [2.45, 2.75) is 39.9 Å². The zero-order valence-electron chi connectivity index (χ0n) is 15.6. The Hall–Kier alpha value is -1.92. The molecule has 0 radical (unpaired) electrons. The van der Waals surface area contributed by atoms with E-state index < -0.39 is 0 Å². The van der Waals surface area contributed by atoms with E-state index in [0.29, 0.717) is 30.9 Å². The van der Waals surface area contributed by atoms with Gasteiger partial charge in [-0.1, -0.05) is 0 Å². The van der Waals surface area contributed by atoms with E-state index in [4.69, 9.17) is 4.74 Å². The van der Waals surface area contributed by atoms with Crippen LogP contribution in [0.5, 0.6) is 0 Å². The molecule has 1 saturated heterocycles. The van der Waals surface area contributed by atoms with E-state index in [1.807, 2.05) is 27.7 Å². The average molecular weight is 347 g/mol. The Bertz CT molecular complexity index is 574. The summed E-state index contributed by atoms with van der Waals surface area (Å²) in [6.45, 7) is 11.2. The summed E-state index contributed by atoms with van der Waals surface area (Å²) in [5.74, 6) is -0.0386. The summed E-state index contributed by atoms with van der Waals surface area (Å²) >= 11 is 0. The molecule has 138 valence electrons. The van der Waals surface area contributed by atoms with Gasteiger partial charge in [-0.05, 0) is 52.0 Å². The van der Waals surface area contributed by atoms with Gasteiger partial charge in [-0.3, -0.25) is 14.5 Å². The van der Waals surface area contributed by atoms with Gasteiger partial charge in [0.2, 0.25) is 5.91 Å². The molecule has 0 bridgehead atoms. The molecule has 2 atom stereocenters. The van der Waals surface area contributed by atoms with E-state index in [2.05, 4.69) is 10.2 Å². The van der Waals surface area contributed by atoms with Crippen molar-refractivity contribution in [2.24, 2.45) is 0 Å². The molecule has 0 aliphatic carbocycles. The van der Waals surface area contributed by atoms with Gasteiger partial charge in [-0.15, -0.1) is 0 Å². The van der Waals surface area contributed by atoms with E-state index in [-0.39, 0.29) is 24.0 Å². The van der Waals surface area contributed by atoms with Crippen molar-refractivity contribution in [1.29, 1.82) is 0 Å². The van der Waals surface area contributed by atoms with Crippen LogP contribution in [0.2, 0.25) is 0 Å². The number of ether oxygens (including phenoxy) is 1. The molecule has 6 heteroatoms. The number of nitrogens with zero attached hydrogens (tertiary/aromatic N) is 2. The maximum Gasteiger partial charge on any atom is 0.253 e. The topological polar surface area (TPSA) is 61.9 Å². The van der Waals surface area contributed by atoms with Crippen LogP contribution in [-0.4, -0.2) is 66.5 Å². The zero-order chi connectivity index (χ0) is 18.4. The van der Waals surface area contributed by atoms with Crippen LogP contribution in [-0.2, 0) is 9.53 Å². The van der Waals surface area contributed by atoms with Crippen LogP contribution >= 0.6 is 0 Å². The van der Waals surface area contributed by atoms with Gasteiger partial charge in [-0.25, -0.2) is 0 Å². The van der Waals surface area contributed by atoms with Crippen LogP contribution in [0, 0.1) is 0 Å². The molecule has 1 aliphatic heterocycles. The molecule has 2 amide bonds. The minimum Gasteiger partial charge on any atom is -0.373 e. The molecule has 0 saturated carbocycles. The van der Waals surface area contributed by atoms with Gasteiger partial charge in [-0.2, -0.15) is 0 Å². The third kappa shape index (κ3) is 5.54. The number of amides is 2. The van der Waals surface area contributed by atoms with E-state index in [1.165, 1.54) is 0 Å². The second-order valence-electron chi connectivity index (χ2n) is 6.55. The summed E-state index contributed by atoms with van der Waals surface area (Å²) in [6, 6.07) is 7.07. The number of hydrogen-bond donors (Lipinski definition) is 1. The standard InChI is InChI=1S/C19H29N3O3/c1-5-22(6-2)19(24)16-7-9-17(10-8-16)20-18(23)13-21-11-14(3)25-15(4)12-21/h7-10,14-15H,5-6,11-13H2,1-4H3,(H,20,23)/t14-,15+. The largest absolute Gasteiger partial charge is 0.373 e. The first-order chi connectivity index (χ1) is 11.9. The van der Waals surface area contributed by atoms with Gasteiger partial charge < -0.3 is 15.0 Å². The predicted molar refractivity (Wildman–Crippen MR) is 98.8 cm³/mol. The SMILES string of the molecule is CCN(CC)C(=O)c1ccc(NC(=O)CN2C[C@@H](C)O[C@@H](C)C2)cc1. The molecular formula is C19H29N3O3. The molecule has 0 spiro atoms. The molecule has 1 N–H and O–H groups in total. The Morgan fingerprint density at radius 2 is 1.68 bits per heavy atom. The Kier molecular flexibility index (Phi) is 6.96. The van der Waals surface area contributed by atoms with E-state index in [1.54, 1.807) is 29.2 Å². The van der Waals surface area contributed by atoms with Crippen LogP contribution < -0.4 is 5.32 Å². The molecule has 25 heavy (non-hydrogen) atoms. The minimum absolute atomic E-state index is 0.0131. The van der Waals surface area contributed by atoms with Crippen molar-refractivity contribution in [3.63, 3.8) is 0 Å². The Labute approximate surface area is 150 Å². The summed E-state index contributed by atoms with van der Waals surface area (Å²) in [6.07, 6.45) is 0.281. The van der Waals surface area contributed by atoms with Gasteiger partial charge in [0.05, 0.1) is 18.8 Å². The quantitative estimate of drug-likeness (QED) is 0.857. The second kappa shape index (κ2) is 8.97. The molecule has 0 aromatic heterocycles. The molecule has 1 aromatic carbocycles. The summed E-state index contributed by atoms with van der Waals surface area (Å²) < 4.78 is 5.68. The lowest BCUT2D eigenvalue weighted by Crippen LogP contribution is -2.48. The summed E-state index contributed by atoms with van der Waals surface area (Å²) in [4.78, 5) is 28.4. The summed E-state index contributed by atoms with van der Waals surface area (Å²) in [7, 11) is 0. The number of carbonyl (C=O) groups is 2. The van der Waals surface area contributed by atoms with E-state index in [9.17, 15) is 9.59 Å². The number of hydrogen-bond acceptors (Lipinski definition) is 4. The molecule has 0 unspecified atom stereocenters. The maximum absolute atomic E-state index is 12.3. The van der Waals surface area contributed by atoms with Crippen molar-refractivity contribution in [1.82, 2.24) is 9.80 Å². The van der Waals surface area contributed by atoms with Gasteiger partial charge in [0.1, 0.15) is 0 Å². The predicted octanol–water partition coefficient (Wildman–Crippen LogP) is 2.22. The molecule has 1 fully saturated rings.